The zero-order valence-electron chi connectivity index (χ0n) is 8.36. The Morgan fingerprint density at radius 3 is 2.93 bits per heavy atom. The molecular weight excluding hydrogens is 218 g/mol. The maximum Gasteiger partial charge on any atom is 0.227 e. The third-order valence-electron chi connectivity index (χ3n) is 1.57. The van der Waals surface area contributed by atoms with Crippen LogP contribution in [0.15, 0.2) is 12.4 Å². The summed E-state index contributed by atoms with van der Waals surface area (Å²) in [7, 11) is 0. The van der Waals surface area contributed by atoms with Gasteiger partial charge in [0, 0.05) is 6.61 Å². The second kappa shape index (κ2) is 6.31. The molecule has 1 aromatic rings. The third-order valence-corrected chi connectivity index (χ3v) is 1.76. The summed E-state index contributed by atoms with van der Waals surface area (Å²) < 4.78 is 5.04. The summed E-state index contributed by atoms with van der Waals surface area (Å²) in [5.74, 6) is 0.237. The van der Waals surface area contributed by atoms with Crippen molar-refractivity contribution >= 4 is 23.3 Å². The summed E-state index contributed by atoms with van der Waals surface area (Å²) in [5.41, 5.74) is 0. The first-order valence-electron chi connectivity index (χ1n) is 4.57. The van der Waals surface area contributed by atoms with Crippen molar-refractivity contribution in [1.82, 2.24) is 9.97 Å². The Morgan fingerprint density at radius 2 is 2.33 bits per heavy atom. The maximum atomic E-state index is 11.3. The van der Waals surface area contributed by atoms with Crippen LogP contribution in [-0.4, -0.2) is 29.1 Å². The van der Waals surface area contributed by atoms with Crippen LogP contribution in [0.5, 0.6) is 0 Å². The molecule has 1 aromatic heterocycles. The minimum atomic E-state index is -0.153. The van der Waals surface area contributed by atoms with E-state index in [4.69, 9.17) is 16.3 Å². The molecule has 1 amide bonds. The molecule has 0 fully saturated rings. The SMILES string of the molecule is CCOCCC(=O)Nc1cnc(Cl)cn1. The van der Waals surface area contributed by atoms with E-state index in [1.165, 1.54) is 12.4 Å². The number of anilines is 1. The lowest BCUT2D eigenvalue weighted by Crippen LogP contribution is -2.15. The van der Waals surface area contributed by atoms with Crippen LogP contribution in [0.2, 0.25) is 5.15 Å². The number of ether oxygens (including phenoxy) is 1. The number of nitrogens with one attached hydrogen (secondary N) is 1. The van der Waals surface area contributed by atoms with Crippen molar-refractivity contribution < 1.29 is 9.53 Å². The number of nitrogens with zero attached hydrogens (tertiary/aromatic N) is 2. The summed E-state index contributed by atoms with van der Waals surface area (Å²) in [6, 6.07) is 0. The van der Waals surface area contributed by atoms with Crippen molar-refractivity contribution in [2.24, 2.45) is 0 Å². The van der Waals surface area contributed by atoms with Crippen molar-refractivity contribution in [3.05, 3.63) is 17.5 Å². The molecule has 5 nitrogen and oxygen atoms in total. The van der Waals surface area contributed by atoms with Gasteiger partial charge in [-0.3, -0.25) is 4.79 Å². The number of rotatable bonds is 5. The normalized spacial score (nSPS) is 10.0. The maximum absolute atomic E-state index is 11.3. The molecule has 0 aliphatic carbocycles. The molecule has 0 spiro atoms. The van der Waals surface area contributed by atoms with Crippen molar-refractivity contribution in [2.45, 2.75) is 13.3 Å². The number of hydrogen-bond donors (Lipinski definition) is 1. The molecule has 0 aromatic carbocycles. The number of aromatic nitrogens is 2. The van der Waals surface area contributed by atoms with Crippen molar-refractivity contribution in [3.63, 3.8) is 0 Å². The van der Waals surface area contributed by atoms with Crippen molar-refractivity contribution in [3.8, 4) is 0 Å². The van der Waals surface area contributed by atoms with Gasteiger partial charge in [0.25, 0.3) is 0 Å². The molecule has 0 aliphatic heterocycles. The van der Waals surface area contributed by atoms with Gasteiger partial charge in [-0.1, -0.05) is 11.6 Å². The quantitative estimate of drug-likeness (QED) is 0.777. The van der Waals surface area contributed by atoms with Crippen LogP contribution < -0.4 is 5.32 Å². The molecule has 1 heterocycles. The fourth-order valence-corrected chi connectivity index (χ4v) is 0.989. The van der Waals surface area contributed by atoms with Gasteiger partial charge in [-0.2, -0.15) is 0 Å². The Morgan fingerprint density at radius 1 is 1.53 bits per heavy atom. The Labute approximate surface area is 92.8 Å². The van der Waals surface area contributed by atoms with E-state index in [1.807, 2.05) is 6.92 Å². The smallest absolute Gasteiger partial charge is 0.227 e. The molecule has 0 saturated heterocycles. The van der Waals surface area contributed by atoms with E-state index in [2.05, 4.69) is 15.3 Å². The first-order chi connectivity index (χ1) is 7.22. The second-order valence-corrected chi connectivity index (χ2v) is 3.11. The van der Waals surface area contributed by atoms with Gasteiger partial charge in [0.1, 0.15) is 5.15 Å². The van der Waals surface area contributed by atoms with Crippen LogP contribution in [-0.2, 0) is 9.53 Å². The van der Waals surface area contributed by atoms with E-state index in [-0.39, 0.29) is 5.91 Å². The fourth-order valence-electron chi connectivity index (χ4n) is 0.891. The highest BCUT2D eigenvalue weighted by molar-refractivity contribution is 6.29. The number of carbonyl (C=O) groups is 1. The highest BCUT2D eigenvalue weighted by Gasteiger charge is 2.03. The van der Waals surface area contributed by atoms with E-state index >= 15 is 0 Å². The largest absolute Gasteiger partial charge is 0.381 e. The summed E-state index contributed by atoms with van der Waals surface area (Å²) >= 11 is 5.54. The molecule has 15 heavy (non-hydrogen) atoms. The molecule has 82 valence electrons. The summed E-state index contributed by atoms with van der Waals surface area (Å²) in [6.45, 7) is 2.89. The topological polar surface area (TPSA) is 64.1 Å². The Balaban J connectivity index is 2.34. The van der Waals surface area contributed by atoms with Crippen LogP contribution in [0.3, 0.4) is 0 Å². The lowest BCUT2D eigenvalue weighted by atomic mass is 10.4. The van der Waals surface area contributed by atoms with Crippen LogP contribution in [0.4, 0.5) is 5.82 Å². The predicted molar refractivity (Wildman–Crippen MR) is 56.8 cm³/mol. The standard InChI is InChI=1S/C9H12ClN3O2/c1-2-15-4-3-9(14)13-8-6-11-7(10)5-12-8/h5-6H,2-4H2,1H3,(H,12,13,14). The van der Waals surface area contributed by atoms with E-state index in [1.54, 1.807) is 0 Å². The highest BCUT2D eigenvalue weighted by Crippen LogP contribution is 2.05. The molecular formula is C9H12ClN3O2. The molecule has 1 rings (SSSR count). The van der Waals surface area contributed by atoms with Crippen LogP contribution in [0, 0.1) is 0 Å². The average molecular weight is 230 g/mol. The minimum absolute atomic E-state index is 0.153. The summed E-state index contributed by atoms with van der Waals surface area (Å²) in [4.78, 5) is 18.9. The number of hydrogen-bond acceptors (Lipinski definition) is 4. The Kier molecular flexibility index (Phi) is 5.00. The molecule has 0 unspecified atom stereocenters. The summed E-state index contributed by atoms with van der Waals surface area (Å²) in [5, 5.41) is 2.87. The lowest BCUT2D eigenvalue weighted by molar-refractivity contribution is -0.117. The van der Waals surface area contributed by atoms with E-state index in [0.29, 0.717) is 30.6 Å². The van der Waals surface area contributed by atoms with Gasteiger partial charge in [-0.25, -0.2) is 9.97 Å². The van der Waals surface area contributed by atoms with Gasteiger partial charge in [-0.05, 0) is 6.92 Å². The zero-order valence-corrected chi connectivity index (χ0v) is 9.12. The number of halogens is 1. The molecule has 0 saturated carbocycles. The van der Waals surface area contributed by atoms with Gasteiger partial charge in [0.15, 0.2) is 5.82 Å². The average Bonchev–Trinajstić information content (AvgIpc) is 2.22. The van der Waals surface area contributed by atoms with Gasteiger partial charge >= 0.3 is 0 Å². The van der Waals surface area contributed by atoms with Gasteiger partial charge < -0.3 is 10.1 Å². The molecule has 0 radical (unpaired) electrons. The van der Waals surface area contributed by atoms with Gasteiger partial charge in [0.2, 0.25) is 5.91 Å². The van der Waals surface area contributed by atoms with Crippen LogP contribution in [0.25, 0.3) is 0 Å². The van der Waals surface area contributed by atoms with Crippen molar-refractivity contribution in [1.29, 1.82) is 0 Å². The van der Waals surface area contributed by atoms with Crippen molar-refractivity contribution in [2.75, 3.05) is 18.5 Å². The van der Waals surface area contributed by atoms with Gasteiger partial charge in [-0.15, -0.1) is 0 Å². The zero-order chi connectivity index (χ0) is 11.1. The van der Waals surface area contributed by atoms with E-state index < -0.39 is 0 Å². The fraction of sp³-hybridized carbons (Fsp3) is 0.444. The molecule has 0 atom stereocenters. The minimum Gasteiger partial charge on any atom is -0.381 e. The summed E-state index contributed by atoms with van der Waals surface area (Å²) in [6.07, 6.45) is 3.08. The molecule has 0 bridgehead atoms. The Bertz CT molecular complexity index is 316. The van der Waals surface area contributed by atoms with Crippen LogP contribution in [0.1, 0.15) is 13.3 Å². The molecule has 1 N–H and O–H groups in total. The third kappa shape index (κ3) is 4.71. The Hall–Kier alpha value is -1.20. The molecule has 6 heteroatoms. The monoisotopic (exact) mass is 229 g/mol. The van der Waals surface area contributed by atoms with E-state index in [0.717, 1.165) is 0 Å². The lowest BCUT2D eigenvalue weighted by Gasteiger charge is -2.03. The molecule has 0 aliphatic rings. The first-order valence-corrected chi connectivity index (χ1v) is 4.95. The van der Waals surface area contributed by atoms with E-state index in [9.17, 15) is 4.79 Å². The van der Waals surface area contributed by atoms with Crippen LogP contribution >= 0.6 is 11.6 Å². The van der Waals surface area contributed by atoms with Gasteiger partial charge in [0.05, 0.1) is 25.4 Å². The first kappa shape index (κ1) is 11.9. The number of carbonyl (C=O) groups excluding carboxylic acids is 1. The second-order valence-electron chi connectivity index (χ2n) is 2.72. The number of amides is 1. The highest BCUT2D eigenvalue weighted by atomic mass is 35.5. The predicted octanol–water partition coefficient (Wildman–Crippen LogP) is 1.50.